The second-order valence-corrected chi connectivity index (χ2v) is 6.30. The molecule has 0 spiro atoms. The molecule has 2 aromatic carbocycles. The Balaban J connectivity index is 2.08. The van der Waals surface area contributed by atoms with Crippen molar-refractivity contribution in [3.8, 4) is 0 Å². The summed E-state index contributed by atoms with van der Waals surface area (Å²) in [6, 6.07) is 14.3. The maximum absolute atomic E-state index is 13.7. The van der Waals surface area contributed by atoms with Crippen LogP contribution >= 0.6 is 0 Å². The fourth-order valence-corrected chi connectivity index (χ4v) is 2.86. The van der Waals surface area contributed by atoms with Gasteiger partial charge in [0.1, 0.15) is 11.9 Å². The smallest absolute Gasteiger partial charge is 0.275 e. The molecule has 5 nitrogen and oxygen atoms in total. The number of aryl methyl sites for hydroxylation is 1. The number of hydrogen-bond donors (Lipinski definition) is 3. The Morgan fingerprint density at radius 2 is 1.74 bits per heavy atom. The van der Waals surface area contributed by atoms with Crippen molar-refractivity contribution in [2.24, 2.45) is 0 Å². The Kier molecular flexibility index (Phi) is 7.95. The molecule has 0 aromatic heterocycles. The Morgan fingerprint density at radius 3 is 2.37 bits per heavy atom. The quantitative estimate of drug-likeness (QED) is 0.621. The van der Waals surface area contributed by atoms with Crippen molar-refractivity contribution in [3.63, 3.8) is 0 Å². The number of amides is 2. The van der Waals surface area contributed by atoms with Crippen LogP contribution in [0.3, 0.4) is 0 Å². The highest BCUT2D eigenvalue weighted by atomic mass is 19.1. The van der Waals surface area contributed by atoms with Crippen molar-refractivity contribution in [1.82, 2.24) is 10.6 Å². The third kappa shape index (κ3) is 6.49. The summed E-state index contributed by atoms with van der Waals surface area (Å²) in [5, 5.41) is 7.08. The van der Waals surface area contributed by atoms with Gasteiger partial charge < -0.3 is 16.0 Å². The molecule has 0 radical (unpaired) electrons. The lowest BCUT2D eigenvalue weighted by molar-refractivity contribution is -0.676. The minimum absolute atomic E-state index is 0.0453. The first kappa shape index (κ1) is 20.6. The molecule has 0 saturated heterocycles. The molecule has 0 aliphatic rings. The van der Waals surface area contributed by atoms with Crippen molar-refractivity contribution >= 4 is 11.8 Å². The number of quaternary nitrogens is 1. The van der Waals surface area contributed by atoms with Gasteiger partial charge in [0, 0.05) is 17.7 Å². The lowest BCUT2D eigenvalue weighted by Gasteiger charge is -2.17. The van der Waals surface area contributed by atoms with Gasteiger partial charge in [-0.1, -0.05) is 43.3 Å². The van der Waals surface area contributed by atoms with Crippen molar-refractivity contribution in [3.05, 3.63) is 71.0 Å². The molecule has 1 atom stereocenters. The molecule has 0 bridgehead atoms. The zero-order valence-corrected chi connectivity index (χ0v) is 15.8. The summed E-state index contributed by atoms with van der Waals surface area (Å²) in [6.07, 6.45) is 0.941. The van der Waals surface area contributed by atoms with Gasteiger partial charge in [0.15, 0.2) is 6.54 Å². The van der Waals surface area contributed by atoms with Gasteiger partial charge in [0.05, 0.1) is 6.54 Å². The first-order valence-electron chi connectivity index (χ1n) is 9.24. The number of hydrogen-bond acceptors (Lipinski definition) is 2. The zero-order valence-electron chi connectivity index (χ0n) is 15.8. The monoisotopic (exact) mass is 372 g/mol. The van der Waals surface area contributed by atoms with E-state index in [1.54, 1.807) is 6.07 Å². The highest BCUT2D eigenvalue weighted by Gasteiger charge is 2.20. The van der Waals surface area contributed by atoms with Gasteiger partial charge in [0.2, 0.25) is 5.91 Å². The van der Waals surface area contributed by atoms with Crippen LogP contribution in [0.4, 0.5) is 4.39 Å². The van der Waals surface area contributed by atoms with Crippen molar-refractivity contribution in [2.75, 3.05) is 19.6 Å². The molecule has 0 heterocycles. The standard InChI is InChI=1S/C21H26FN3O2/c1-3-15-8-10-16(11-9-15)21(17-6-5-7-18(22)12-17)25-14-20(27)24-13-19(26)23-4-2/h5-12,21,25H,3-4,13-14H2,1-2H3,(H,23,26)(H,24,27)/p+1/t21-/m0/s1. The molecule has 27 heavy (non-hydrogen) atoms. The SMILES string of the molecule is CCNC(=O)CNC(=O)C[NH2+][C@@H](c1ccc(CC)cc1)c1cccc(F)c1. The number of nitrogens with one attached hydrogen (secondary N) is 2. The van der Waals surface area contributed by atoms with E-state index in [0.29, 0.717) is 6.54 Å². The number of nitrogens with two attached hydrogens (primary N) is 1. The topological polar surface area (TPSA) is 74.8 Å². The maximum Gasteiger partial charge on any atom is 0.275 e. The normalized spacial score (nSPS) is 11.7. The first-order valence-corrected chi connectivity index (χ1v) is 9.24. The van der Waals surface area contributed by atoms with E-state index in [4.69, 9.17) is 0 Å². The molecule has 0 aliphatic carbocycles. The summed E-state index contributed by atoms with van der Waals surface area (Å²) in [7, 11) is 0. The molecular weight excluding hydrogens is 345 g/mol. The first-order chi connectivity index (χ1) is 13.0. The van der Waals surface area contributed by atoms with Crippen LogP contribution in [0.1, 0.15) is 36.6 Å². The third-order valence-corrected chi connectivity index (χ3v) is 4.31. The molecule has 4 N–H and O–H groups in total. The lowest BCUT2D eigenvalue weighted by atomic mass is 9.97. The number of carbonyl (C=O) groups is 2. The average molecular weight is 372 g/mol. The lowest BCUT2D eigenvalue weighted by Crippen LogP contribution is -2.87. The third-order valence-electron chi connectivity index (χ3n) is 4.31. The fourth-order valence-electron chi connectivity index (χ4n) is 2.86. The van der Waals surface area contributed by atoms with E-state index < -0.39 is 0 Å². The van der Waals surface area contributed by atoms with Gasteiger partial charge in [-0.05, 0) is 31.0 Å². The number of benzene rings is 2. The largest absolute Gasteiger partial charge is 0.355 e. The summed E-state index contributed by atoms with van der Waals surface area (Å²) in [5.41, 5.74) is 3.00. The molecular formula is C21H27FN3O2+. The summed E-state index contributed by atoms with van der Waals surface area (Å²) in [5.74, 6) is -0.771. The maximum atomic E-state index is 13.7. The van der Waals surface area contributed by atoms with Gasteiger partial charge in [-0.15, -0.1) is 0 Å². The van der Waals surface area contributed by atoms with E-state index >= 15 is 0 Å². The van der Waals surface area contributed by atoms with Crippen LogP contribution in [0, 0.1) is 5.82 Å². The van der Waals surface area contributed by atoms with Crippen LogP contribution in [0.25, 0.3) is 0 Å². The van der Waals surface area contributed by atoms with Crippen molar-refractivity contribution in [1.29, 1.82) is 0 Å². The van der Waals surface area contributed by atoms with Crippen LogP contribution in [0.15, 0.2) is 48.5 Å². The highest BCUT2D eigenvalue weighted by Crippen LogP contribution is 2.20. The van der Waals surface area contributed by atoms with Crippen molar-refractivity contribution < 1.29 is 19.3 Å². The fraction of sp³-hybridized carbons (Fsp3) is 0.333. The number of carbonyl (C=O) groups excluding carboxylic acids is 2. The Hall–Kier alpha value is -2.73. The number of likely N-dealkylation sites (N-methyl/N-ethyl adjacent to an activating group) is 1. The number of halogens is 1. The van der Waals surface area contributed by atoms with E-state index in [0.717, 1.165) is 17.5 Å². The molecule has 6 heteroatoms. The van der Waals surface area contributed by atoms with Gasteiger partial charge >= 0.3 is 0 Å². The molecule has 0 unspecified atom stereocenters. The minimum Gasteiger partial charge on any atom is -0.355 e. The zero-order chi connectivity index (χ0) is 19.6. The van der Waals surface area contributed by atoms with E-state index in [2.05, 4.69) is 17.6 Å². The summed E-state index contributed by atoms with van der Waals surface area (Å²) < 4.78 is 13.7. The summed E-state index contributed by atoms with van der Waals surface area (Å²) in [6.45, 7) is 4.52. The van der Waals surface area contributed by atoms with Gasteiger partial charge in [-0.3, -0.25) is 9.59 Å². The second kappa shape index (κ2) is 10.4. The van der Waals surface area contributed by atoms with E-state index in [-0.39, 0.29) is 36.8 Å². The second-order valence-electron chi connectivity index (χ2n) is 6.30. The summed E-state index contributed by atoms with van der Waals surface area (Å²) >= 11 is 0. The minimum atomic E-state index is -0.309. The van der Waals surface area contributed by atoms with Crippen LogP contribution in [0.5, 0.6) is 0 Å². The van der Waals surface area contributed by atoms with Gasteiger partial charge in [-0.25, -0.2) is 4.39 Å². The van der Waals surface area contributed by atoms with Crippen molar-refractivity contribution in [2.45, 2.75) is 26.3 Å². The van der Waals surface area contributed by atoms with E-state index in [1.807, 2.05) is 42.6 Å². The van der Waals surface area contributed by atoms with Gasteiger partial charge in [0.25, 0.3) is 5.91 Å². The molecule has 2 rings (SSSR count). The predicted octanol–water partition coefficient (Wildman–Crippen LogP) is 1.29. The Labute approximate surface area is 159 Å². The molecule has 0 fully saturated rings. The van der Waals surface area contributed by atoms with Gasteiger partial charge in [-0.2, -0.15) is 0 Å². The van der Waals surface area contributed by atoms with E-state index in [9.17, 15) is 14.0 Å². The molecule has 0 saturated carbocycles. The van der Waals surface area contributed by atoms with Crippen LogP contribution < -0.4 is 16.0 Å². The Bertz CT molecular complexity index is 762. The van der Waals surface area contributed by atoms with Crippen LogP contribution in [0.2, 0.25) is 0 Å². The summed E-state index contributed by atoms with van der Waals surface area (Å²) in [4.78, 5) is 23.5. The average Bonchev–Trinajstić information content (AvgIpc) is 2.67. The molecule has 0 aliphatic heterocycles. The Morgan fingerprint density at radius 1 is 1.00 bits per heavy atom. The van der Waals surface area contributed by atoms with Crippen LogP contribution in [-0.2, 0) is 16.0 Å². The van der Waals surface area contributed by atoms with E-state index in [1.165, 1.54) is 17.7 Å². The number of rotatable bonds is 9. The van der Waals surface area contributed by atoms with Crippen LogP contribution in [-0.4, -0.2) is 31.4 Å². The molecule has 2 amide bonds. The highest BCUT2D eigenvalue weighted by molar-refractivity contribution is 5.84. The molecule has 2 aromatic rings. The predicted molar refractivity (Wildman–Crippen MR) is 103 cm³/mol. The molecule has 144 valence electrons.